The van der Waals surface area contributed by atoms with E-state index in [4.69, 9.17) is 0 Å². The Morgan fingerprint density at radius 1 is 1.35 bits per heavy atom. The van der Waals surface area contributed by atoms with Gasteiger partial charge in [-0.25, -0.2) is 4.79 Å². The molecule has 0 saturated carbocycles. The Kier molecular flexibility index (Phi) is 6.74. The Hall–Kier alpha value is -1.00. The lowest BCUT2D eigenvalue weighted by Gasteiger charge is -2.05. The van der Waals surface area contributed by atoms with Crippen LogP contribution in [0.15, 0.2) is 24.3 Å². The van der Waals surface area contributed by atoms with Gasteiger partial charge in [0.15, 0.2) is 0 Å². The summed E-state index contributed by atoms with van der Waals surface area (Å²) in [5.41, 5.74) is 1.78. The summed E-state index contributed by atoms with van der Waals surface area (Å²) in [4.78, 5) is 11.2. The standard InChI is InChI=1S/C13H19NO2S/c1-16-13(15)12-6-4-11(5-7-12)10-14-8-3-9-17-2/h4-7,14H,3,8-10H2,1-2H3. The SMILES string of the molecule is COC(=O)c1ccc(CNCCCSC)cc1. The van der Waals surface area contributed by atoms with Crippen molar-refractivity contribution in [2.45, 2.75) is 13.0 Å². The molecule has 1 rings (SSSR count). The van der Waals surface area contributed by atoms with Crippen molar-refractivity contribution in [1.29, 1.82) is 0 Å². The largest absolute Gasteiger partial charge is 0.465 e. The lowest BCUT2D eigenvalue weighted by molar-refractivity contribution is 0.0600. The molecule has 0 aromatic heterocycles. The van der Waals surface area contributed by atoms with Crippen molar-refractivity contribution in [1.82, 2.24) is 5.32 Å². The van der Waals surface area contributed by atoms with E-state index in [2.05, 4.69) is 16.3 Å². The van der Waals surface area contributed by atoms with Gasteiger partial charge in [0, 0.05) is 6.54 Å². The van der Waals surface area contributed by atoms with Crippen LogP contribution in [0.2, 0.25) is 0 Å². The maximum absolute atomic E-state index is 11.2. The summed E-state index contributed by atoms with van der Waals surface area (Å²) < 4.78 is 4.64. The van der Waals surface area contributed by atoms with E-state index in [1.165, 1.54) is 24.8 Å². The van der Waals surface area contributed by atoms with Gasteiger partial charge in [0.25, 0.3) is 0 Å². The van der Waals surface area contributed by atoms with E-state index in [0.717, 1.165) is 13.1 Å². The molecule has 17 heavy (non-hydrogen) atoms. The van der Waals surface area contributed by atoms with Crippen LogP contribution >= 0.6 is 11.8 Å². The number of esters is 1. The van der Waals surface area contributed by atoms with Crippen LogP contribution < -0.4 is 5.32 Å². The average Bonchev–Trinajstić information content (AvgIpc) is 2.38. The van der Waals surface area contributed by atoms with E-state index in [0.29, 0.717) is 5.56 Å². The van der Waals surface area contributed by atoms with E-state index in [1.54, 1.807) is 12.1 Å². The van der Waals surface area contributed by atoms with Crippen LogP contribution in [0.3, 0.4) is 0 Å². The Balaban J connectivity index is 2.33. The van der Waals surface area contributed by atoms with Crippen molar-refractivity contribution >= 4 is 17.7 Å². The van der Waals surface area contributed by atoms with Crippen LogP contribution in [-0.4, -0.2) is 31.6 Å². The Morgan fingerprint density at radius 2 is 2.06 bits per heavy atom. The van der Waals surface area contributed by atoms with Gasteiger partial charge in [0.05, 0.1) is 12.7 Å². The van der Waals surface area contributed by atoms with Gasteiger partial charge >= 0.3 is 5.97 Å². The highest BCUT2D eigenvalue weighted by molar-refractivity contribution is 7.98. The van der Waals surface area contributed by atoms with Crippen molar-refractivity contribution < 1.29 is 9.53 Å². The number of carbonyl (C=O) groups is 1. The average molecular weight is 253 g/mol. The van der Waals surface area contributed by atoms with Crippen molar-refractivity contribution in [2.24, 2.45) is 0 Å². The van der Waals surface area contributed by atoms with Crippen molar-refractivity contribution in [3.63, 3.8) is 0 Å². The Morgan fingerprint density at radius 3 is 2.65 bits per heavy atom. The number of ether oxygens (including phenoxy) is 1. The molecule has 1 aromatic rings. The quantitative estimate of drug-likeness (QED) is 0.598. The molecule has 4 heteroatoms. The number of benzene rings is 1. The van der Waals surface area contributed by atoms with Crippen LogP contribution in [0.1, 0.15) is 22.3 Å². The fraction of sp³-hybridized carbons (Fsp3) is 0.462. The lowest BCUT2D eigenvalue weighted by atomic mass is 10.1. The molecule has 1 N–H and O–H groups in total. The first-order chi connectivity index (χ1) is 8.27. The number of hydrogen-bond donors (Lipinski definition) is 1. The van der Waals surface area contributed by atoms with Crippen molar-refractivity contribution in [3.8, 4) is 0 Å². The van der Waals surface area contributed by atoms with Gasteiger partial charge in [-0.05, 0) is 42.7 Å². The smallest absolute Gasteiger partial charge is 0.337 e. The number of nitrogens with one attached hydrogen (secondary N) is 1. The van der Waals surface area contributed by atoms with E-state index in [1.807, 2.05) is 23.9 Å². The highest BCUT2D eigenvalue weighted by atomic mass is 32.2. The number of methoxy groups -OCH3 is 1. The highest BCUT2D eigenvalue weighted by Gasteiger charge is 2.03. The summed E-state index contributed by atoms with van der Waals surface area (Å²) in [5.74, 6) is 0.901. The normalized spacial score (nSPS) is 10.2. The van der Waals surface area contributed by atoms with E-state index in [-0.39, 0.29) is 5.97 Å². The van der Waals surface area contributed by atoms with Gasteiger partial charge in [-0.15, -0.1) is 0 Å². The third-order valence-corrected chi connectivity index (χ3v) is 3.10. The van der Waals surface area contributed by atoms with E-state index in [9.17, 15) is 4.79 Å². The zero-order chi connectivity index (χ0) is 12.5. The molecule has 0 aliphatic carbocycles. The Bertz CT molecular complexity index is 338. The fourth-order valence-electron chi connectivity index (χ4n) is 1.45. The second-order valence-corrected chi connectivity index (χ2v) is 4.70. The first kappa shape index (κ1) is 14.1. The van der Waals surface area contributed by atoms with E-state index < -0.39 is 0 Å². The molecule has 3 nitrogen and oxygen atoms in total. The third kappa shape index (κ3) is 5.24. The van der Waals surface area contributed by atoms with Crippen LogP contribution in [0.5, 0.6) is 0 Å². The molecule has 0 amide bonds. The molecule has 0 unspecified atom stereocenters. The molecule has 0 heterocycles. The lowest BCUT2D eigenvalue weighted by Crippen LogP contribution is -2.15. The van der Waals surface area contributed by atoms with Gasteiger partial charge < -0.3 is 10.1 Å². The predicted octanol–water partition coefficient (Wildman–Crippen LogP) is 2.32. The maximum Gasteiger partial charge on any atom is 0.337 e. The summed E-state index contributed by atoms with van der Waals surface area (Å²) >= 11 is 1.86. The minimum Gasteiger partial charge on any atom is -0.465 e. The zero-order valence-electron chi connectivity index (χ0n) is 10.4. The fourth-order valence-corrected chi connectivity index (χ4v) is 1.88. The molecule has 0 aliphatic rings. The number of hydrogen-bond acceptors (Lipinski definition) is 4. The maximum atomic E-state index is 11.2. The molecule has 0 fully saturated rings. The second kappa shape index (κ2) is 8.14. The summed E-state index contributed by atoms with van der Waals surface area (Å²) in [6.45, 7) is 1.87. The molecule has 0 saturated heterocycles. The van der Waals surface area contributed by atoms with Gasteiger partial charge in [-0.2, -0.15) is 11.8 Å². The molecule has 94 valence electrons. The number of thioether (sulfide) groups is 1. The van der Waals surface area contributed by atoms with E-state index >= 15 is 0 Å². The van der Waals surface area contributed by atoms with Crippen molar-refractivity contribution in [2.75, 3.05) is 25.7 Å². The molecule has 0 atom stereocenters. The van der Waals surface area contributed by atoms with Gasteiger partial charge in [-0.1, -0.05) is 12.1 Å². The molecular formula is C13H19NO2S. The first-order valence-electron chi connectivity index (χ1n) is 5.65. The first-order valence-corrected chi connectivity index (χ1v) is 7.04. The molecule has 0 radical (unpaired) electrons. The van der Waals surface area contributed by atoms with Gasteiger partial charge in [-0.3, -0.25) is 0 Å². The molecule has 0 spiro atoms. The van der Waals surface area contributed by atoms with Crippen LogP contribution in [0.25, 0.3) is 0 Å². The van der Waals surface area contributed by atoms with Crippen LogP contribution in [0, 0.1) is 0 Å². The summed E-state index contributed by atoms with van der Waals surface area (Å²) in [7, 11) is 1.39. The van der Waals surface area contributed by atoms with Gasteiger partial charge in [0.1, 0.15) is 0 Å². The molecule has 0 aliphatic heterocycles. The van der Waals surface area contributed by atoms with Crippen LogP contribution in [-0.2, 0) is 11.3 Å². The summed E-state index contributed by atoms with van der Waals surface area (Å²) in [6.07, 6.45) is 3.30. The van der Waals surface area contributed by atoms with Gasteiger partial charge in [0.2, 0.25) is 0 Å². The monoisotopic (exact) mass is 253 g/mol. The van der Waals surface area contributed by atoms with Crippen molar-refractivity contribution in [3.05, 3.63) is 35.4 Å². The minimum atomic E-state index is -0.288. The van der Waals surface area contributed by atoms with Crippen LogP contribution in [0.4, 0.5) is 0 Å². The number of rotatable bonds is 7. The zero-order valence-corrected chi connectivity index (χ0v) is 11.2. The summed E-state index contributed by atoms with van der Waals surface area (Å²) in [6, 6.07) is 7.50. The predicted molar refractivity (Wildman–Crippen MR) is 72.5 cm³/mol. The molecule has 1 aromatic carbocycles. The molecule has 0 bridgehead atoms. The Labute approximate surface area is 107 Å². The second-order valence-electron chi connectivity index (χ2n) is 3.71. The number of carbonyl (C=O) groups excluding carboxylic acids is 1. The topological polar surface area (TPSA) is 38.3 Å². The third-order valence-electron chi connectivity index (χ3n) is 2.41. The highest BCUT2D eigenvalue weighted by Crippen LogP contribution is 2.05. The summed E-state index contributed by atoms with van der Waals surface area (Å²) in [5, 5.41) is 3.37. The minimum absolute atomic E-state index is 0.288. The molecular weight excluding hydrogens is 234 g/mol.